The molecule has 5 heteroatoms. The highest BCUT2D eigenvalue weighted by atomic mass is 32.1. The number of aromatic nitrogens is 1. The van der Waals surface area contributed by atoms with Crippen LogP contribution in [0.1, 0.15) is 10.7 Å². The number of nitrogens with zero attached hydrogens (tertiary/aromatic N) is 3. The van der Waals surface area contributed by atoms with E-state index in [0.29, 0.717) is 13.0 Å². The van der Waals surface area contributed by atoms with Gasteiger partial charge in [0, 0.05) is 31.6 Å². The zero-order valence-electron chi connectivity index (χ0n) is 10.6. The molecule has 1 fully saturated rings. The third-order valence-electron chi connectivity index (χ3n) is 3.04. The minimum Gasteiger partial charge on any atom is -0.340 e. The Balaban J connectivity index is 1.83. The van der Waals surface area contributed by atoms with E-state index in [2.05, 4.69) is 15.8 Å². The molecule has 0 radical (unpaired) electrons. The van der Waals surface area contributed by atoms with Crippen molar-refractivity contribution < 1.29 is 4.79 Å². The summed E-state index contributed by atoms with van der Waals surface area (Å²) in [5.74, 6) is 2.81. The highest BCUT2D eigenvalue weighted by Gasteiger charge is 2.21. The van der Waals surface area contributed by atoms with Gasteiger partial charge in [0.05, 0.1) is 23.7 Å². The zero-order chi connectivity index (χ0) is 13.0. The van der Waals surface area contributed by atoms with E-state index >= 15 is 0 Å². The van der Waals surface area contributed by atoms with E-state index < -0.39 is 0 Å². The number of hydrogen-bond donors (Lipinski definition) is 0. The molecule has 1 amide bonds. The second kappa shape index (κ2) is 5.98. The highest BCUT2D eigenvalue weighted by molar-refractivity contribution is 7.09. The predicted molar refractivity (Wildman–Crippen MR) is 72.4 cm³/mol. The molecule has 2 rings (SSSR count). The van der Waals surface area contributed by atoms with E-state index in [1.54, 1.807) is 11.3 Å². The van der Waals surface area contributed by atoms with E-state index in [1.165, 1.54) is 0 Å². The molecule has 2 heterocycles. The van der Waals surface area contributed by atoms with Crippen molar-refractivity contribution in [2.24, 2.45) is 0 Å². The Bertz CT molecular complexity index is 455. The second-order valence-electron chi connectivity index (χ2n) is 4.40. The first-order valence-electron chi connectivity index (χ1n) is 6.03. The second-order valence-corrected chi connectivity index (χ2v) is 5.46. The number of thiazole rings is 1. The number of carbonyl (C=O) groups excluding carboxylic acids is 1. The summed E-state index contributed by atoms with van der Waals surface area (Å²) in [5, 5.41) is 2.97. The van der Waals surface area contributed by atoms with E-state index in [0.717, 1.165) is 36.9 Å². The van der Waals surface area contributed by atoms with Crippen LogP contribution in [0.4, 0.5) is 0 Å². The molecule has 1 aromatic heterocycles. The fourth-order valence-corrected chi connectivity index (χ4v) is 2.65. The number of piperazine rings is 1. The lowest BCUT2D eigenvalue weighted by molar-refractivity contribution is -0.132. The number of amides is 1. The molecule has 18 heavy (non-hydrogen) atoms. The molecule has 1 aliphatic rings. The standard InChI is InChI=1S/C13H17N3OS/c1-3-4-15-5-7-16(8-6-15)13(17)9-12-10-18-11(2)14-12/h1,10H,4-9H2,2H3. The van der Waals surface area contributed by atoms with E-state index in [-0.39, 0.29) is 5.91 Å². The molecule has 0 aliphatic carbocycles. The number of rotatable bonds is 3. The summed E-state index contributed by atoms with van der Waals surface area (Å²) >= 11 is 1.59. The number of terminal acetylenes is 1. The first-order chi connectivity index (χ1) is 8.69. The number of aryl methyl sites for hydroxylation is 1. The summed E-state index contributed by atoms with van der Waals surface area (Å²) < 4.78 is 0. The number of carbonyl (C=O) groups is 1. The van der Waals surface area contributed by atoms with Crippen LogP contribution < -0.4 is 0 Å². The van der Waals surface area contributed by atoms with E-state index in [4.69, 9.17) is 6.42 Å². The molecule has 0 atom stereocenters. The summed E-state index contributed by atoms with van der Waals surface area (Å²) in [6.07, 6.45) is 5.70. The van der Waals surface area contributed by atoms with Crippen molar-refractivity contribution in [3.05, 3.63) is 16.1 Å². The van der Waals surface area contributed by atoms with Crippen LogP contribution in [0.15, 0.2) is 5.38 Å². The first-order valence-corrected chi connectivity index (χ1v) is 6.91. The monoisotopic (exact) mass is 263 g/mol. The third kappa shape index (κ3) is 3.31. The van der Waals surface area contributed by atoms with Crippen LogP contribution >= 0.6 is 11.3 Å². The van der Waals surface area contributed by atoms with Crippen molar-refractivity contribution in [2.75, 3.05) is 32.7 Å². The van der Waals surface area contributed by atoms with Crippen molar-refractivity contribution >= 4 is 17.2 Å². The lowest BCUT2D eigenvalue weighted by Gasteiger charge is -2.33. The van der Waals surface area contributed by atoms with Crippen molar-refractivity contribution in [1.29, 1.82) is 0 Å². The molecule has 1 aromatic rings. The minimum atomic E-state index is 0.167. The molecule has 4 nitrogen and oxygen atoms in total. The lowest BCUT2D eigenvalue weighted by Crippen LogP contribution is -2.49. The largest absolute Gasteiger partial charge is 0.340 e. The molecule has 0 bridgehead atoms. The third-order valence-corrected chi connectivity index (χ3v) is 3.86. The molecule has 0 spiro atoms. The SMILES string of the molecule is C#CCN1CCN(C(=O)Cc2csc(C)n2)CC1. The normalized spacial score (nSPS) is 16.6. The Morgan fingerprint density at radius 3 is 2.78 bits per heavy atom. The van der Waals surface area contributed by atoms with Gasteiger partial charge >= 0.3 is 0 Å². The van der Waals surface area contributed by atoms with Gasteiger partial charge in [0.1, 0.15) is 0 Å². The van der Waals surface area contributed by atoms with Gasteiger partial charge in [-0.25, -0.2) is 4.98 Å². The highest BCUT2D eigenvalue weighted by Crippen LogP contribution is 2.10. The summed E-state index contributed by atoms with van der Waals surface area (Å²) in [7, 11) is 0. The van der Waals surface area contributed by atoms with Crippen LogP contribution in [0, 0.1) is 19.3 Å². The zero-order valence-corrected chi connectivity index (χ0v) is 11.4. The smallest absolute Gasteiger partial charge is 0.228 e. The van der Waals surface area contributed by atoms with Crippen molar-refractivity contribution in [3.63, 3.8) is 0 Å². The van der Waals surface area contributed by atoms with Gasteiger partial charge in [-0.15, -0.1) is 17.8 Å². The topological polar surface area (TPSA) is 36.4 Å². The van der Waals surface area contributed by atoms with Gasteiger partial charge in [0.2, 0.25) is 5.91 Å². The Morgan fingerprint density at radius 2 is 2.22 bits per heavy atom. The Labute approximate surface area is 112 Å². The maximum atomic E-state index is 12.1. The molecular weight excluding hydrogens is 246 g/mol. The molecule has 0 N–H and O–H groups in total. The fraction of sp³-hybridized carbons (Fsp3) is 0.538. The summed E-state index contributed by atoms with van der Waals surface area (Å²) in [5.41, 5.74) is 0.883. The van der Waals surface area contributed by atoms with Gasteiger partial charge in [-0.2, -0.15) is 0 Å². The van der Waals surface area contributed by atoms with Crippen LogP contribution in [0.2, 0.25) is 0 Å². The van der Waals surface area contributed by atoms with Gasteiger partial charge in [-0.3, -0.25) is 9.69 Å². The summed E-state index contributed by atoms with van der Waals surface area (Å²) in [6.45, 7) is 5.90. The average Bonchev–Trinajstić information content (AvgIpc) is 2.76. The maximum Gasteiger partial charge on any atom is 0.228 e. The minimum absolute atomic E-state index is 0.167. The summed E-state index contributed by atoms with van der Waals surface area (Å²) in [6, 6.07) is 0. The maximum absolute atomic E-state index is 12.1. The molecule has 1 aliphatic heterocycles. The predicted octanol–water partition coefficient (Wildman–Crippen LogP) is 0.771. The van der Waals surface area contributed by atoms with Crippen LogP contribution in [-0.4, -0.2) is 53.4 Å². The summed E-state index contributed by atoms with van der Waals surface area (Å²) in [4.78, 5) is 20.5. The van der Waals surface area contributed by atoms with Crippen molar-refractivity contribution in [1.82, 2.24) is 14.8 Å². The van der Waals surface area contributed by atoms with Crippen molar-refractivity contribution in [3.8, 4) is 12.3 Å². The van der Waals surface area contributed by atoms with Crippen molar-refractivity contribution in [2.45, 2.75) is 13.3 Å². The molecule has 0 saturated carbocycles. The van der Waals surface area contributed by atoms with Gasteiger partial charge in [-0.1, -0.05) is 5.92 Å². The molecule has 1 saturated heterocycles. The molecule has 0 aromatic carbocycles. The Hall–Kier alpha value is -1.38. The quantitative estimate of drug-likeness (QED) is 0.756. The fourth-order valence-electron chi connectivity index (χ4n) is 2.04. The molecule has 96 valence electrons. The Kier molecular flexibility index (Phi) is 4.34. The van der Waals surface area contributed by atoms with Gasteiger partial charge < -0.3 is 4.90 Å². The first kappa shape index (κ1) is 13.1. The number of hydrogen-bond acceptors (Lipinski definition) is 4. The lowest BCUT2D eigenvalue weighted by atomic mass is 10.2. The van der Waals surface area contributed by atoms with Crippen LogP contribution in [0.5, 0.6) is 0 Å². The van der Waals surface area contributed by atoms with Gasteiger partial charge in [-0.05, 0) is 6.92 Å². The van der Waals surface area contributed by atoms with Crippen LogP contribution in [0.3, 0.4) is 0 Å². The van der Waals surface area contributed by atoms with Gasteiger partial charge in [0.25, 0.3) is 0 Å². The van der Waals surface area contributed by atoms with E-state index in [9.17, 15) is 4.79 Å². The molecular formula is C13H17N3OS. The van der Waals surface area contributed by atoms with Crippen LogP contribution in [0.25, 0.3) is 0 Å². The average molecular weight is 263 g/mol. The Morgan fingerprint density at radius 1 is 1.50 bits per heavy atom. The van der Waals surface area contributed by atoms with Gasteiger partial charge in [0.15, 0.2) is 0 Å². The molecule has 0 unspecified atom stereocenters. The van der Waals surface area contributed by atoms with Crippen LogP contribution in [-0.2, 0) is 11.2 Å². The van der Waals surface area contributed by atoms with E-state index in [1.807, 2.05) is 17.2 Å².